The maximum atomic E-state index is 12.6. The van der Waals surface area contributed by atoms with Crippen molar-refractivity contribution >= 4 is 17.2 Å². The first-order valence-corrected chi connectivity index (χ1v) is 9.90. The highest BCUT2D eigenvalue weighted by molar-refractivity contribution is 7.13. The average Bonchev–Trinajstić information content (AvgIpc) is 3.40. The SMILES string of the molecule is Cc1ccc(-c2nc(C(=O)NCc3ccccc3Cn3ccnc3)cs2)cc1. The molecule has 2 heterocycles. The lowest BCUT2D eigenvalue weighted by molar-refractivity contribution is 0.0946. The molecule has 6 heteroatoms. The van der Waals surface area contributed by atoms with Crippen molar-refractivity contribution in [3.8, 4) is 10.6 Å². The highest BCUT2D eigenvalue weighted by Gasteiger charge is 2.12. The number of carbonyl (C=O) groups is 1. The second kappa shape index (κ2) is 8.19. The summed E-state index contributed by atoms with van der Waals surface area (Å²) in [6.45, 7) is 3.23. The van der Waals surface area contributed by atoms with E-state index in [9.17, 15) is 4.79 Å². The summed E-state index contributed by atoms with van der Waals surface area (Å²) in [7, 11) is 0. The standard InChI is InChI=1S/C22H20N4OS/c1-16-6-8-17(9-7-16)22-25-20(14-28-22)21(27)24-12-18-4-2-3-5-19(18)13-26-11-10-23-15-26/h2-11,14-15H,12-13H2,1H3,(H,24,27). The number of amides is 1. The van der Waals surface area contributed by atoms with Gasteiger partial charge in [-0.25, -0.2) is 9.97 Å². The van der Waals surface area contributed by atoms with Gasteiger partial charge in [0.2, 0.25) is 0 Å². The largest absolute Gasteiger partial charge is 0.347 e. The molecule has 0 aliphatic heterocycles. The number of imidazole rings is 1. The molecule has 0 saturated carbocycles. The van der Waals surface area contributed by atoms with Crippen LogP contribution in [0.5, 0.6) is 0 Å². The molecule has 1 amide bonds. The monoisotopic (exact) mass is 388 g/mol. The van der Waals surface area contributed by atoms with Gasteiger partial charge in [0.25, 0.3) is 5.91 Å². The highest BCUT2D eigenvalue weighted by Crippen LogP contribution is 2.24. The smallest absolute Gasteiger partial charge is 0.271 e. The Balaban J connectivity index is 1.43. The molecule has 5 nitrogen and oxygen atoms in total. The number of benzene rings is 2. The zero-order chi connectivity index (χ0) is 19.3. The number of hydrogen-bond donors (Lipinski definition) is 1. The zero-order valence-electron chi connectivity index (χ0n) is 15.5. The molecule has 0 aliphatic rings. The van der Waals surface area contributed by atoms with E-state index in [0.29, 0.717) is 12.2 Å². The third-order valence-electron chi connectivity index (χ3n) is 4.51. The molecule has 4 aromatic rings. The Labute approximate surface area is 167 Å². The van der Waals surface area contributed by atoms with Crippen LogP contribution < -0.4 is 5.32 Å². The summed E-state index contributed by atoms with van der Waals surface area (Å²) in [5.74, 6) is -0.160. The lowest BCUT2D eigenvalue weighted by atomic mass is 10.1. The quantitative estimate of drug-likeness (QED) is 0.536. The molecule has 4 rings (SSSR count). The zero-order valence-corrected chi connectivity index (χ0v) is 16.3. The number of aryl methyl sites for hydroxylation is 1. The van der Waals surface area contributed by atoms with Gasteiger partial charge in [-0.1, -0.05) is 54.1 Å². The molecule has 0 unspecified atom stereocenters. The molecule has 28 heavy (non-hydrogen) atoms. The number of aromatic nitrogens is 3. The summed E-state index contributed by atoms with van der Waals surface area (Å²) < 4.78 is 2.01. The summed E-state index contributed by atoms with van der Waals surface area (Å²) in [5, 5.41) is 5.65. The van der Waals surface area contributed by atoms with Crippen molar-refractivity contribution in [3.05, 3.63) is 95.0 Å². The van der Waals surface area contributed by atoms with Crippen molar-refractivity contribution in [1.29, 1.82) is 0 Å². The van der Waals surface area contributed by atoms with Crippen LogP contribution in [0, 0.1) is 6.92 Å². The van der Waals surface area contributed by atoms with Crippen LogP contribution in [0.25, 0.3) is 10.6 Å². The van der Waals surface area contributed by atoms with Gasteiger partial charge < -0.3 is 9.88 Å². The van der Waals surface area contributed by atoms with Crippen LogP contribution in [0.15, 0.2) is 72.6 Å². The Kier molecular flexibility index (Phi) is 5.30. The Morgan fingerprint density at radius 2 is 1.89 bits per heavy atom. The molecular weight excluding hydrogens is 368 g/mol. The number of rotatable bonds is 6. The normalized spacial score (nSPS) is 10.8. The van der Waals surface area contributed by atoms with Crippen LogP contribution in [0.3, 0.4) is 0 Å². The summed E-state index contributed by atoms with van der Waals surface area (Å²) in [4.78, 5) is 21.1. The third kappa shape index (κ3) is 4.18. The van der Waals surface area contributed by atoms with Crippen molar-refractivity contribution in [1.82, 2.24) is 19.9 Å². The predicted octanol–water partition coefficient (Wildman–Crippen LogP) is 4.29. The fourth-order valence-electron chi connectivity index (χ4n) is 2.93. The van der Waals surface area contributed by atoms with Crippen molar-refractivity contribution in [2.75, 3.05) is 0 Å². The molecule has 0 bridgehead atoms. The summed E-state index contributed by atoms with van der Waals surface area (Å²) in [6, 6.07) is 16.3. The van der Waals surface area contributed by atoms with E-state index in [-0.39, 0.29) is 5.91 Å². The van der Waals surface area contributed by atoms with Crippen molar-refractivity contribution in [2.24, 2.45) is 0 Å². The molecule has 1 N–H and O–H groups in total. The van der Waals surface area contributed by atoms with Gasteiger partial charge in [0, 0.05) is 36.4 Å². The van der Waals surface area contributed by atoms with Gasteiger partial charge in [-0.2, -0.15) is 0 Å². The number of nitrogens with one attached hydrogen (secondary N) is 1. The Morgan fingerprint density at radius 3 is 2.64 bits per heavy atom. The van der Waals surface area contributed by atoms with Crippen LogP contribution in [0.2, 0.25) is 0 Å². The molecule has 2 aromatic carbocycles. The molecule has 140 valence electrons. The van der Waals surface area contributed by atoms with Gasteiger partial charge in [0.05, 0.1) is 6.33 Å². The van der Waals surface area contributed by atoms with Crippen LogP contribution in [-0.4, -0.2) is 20.4 Å². The summed E-state index contributed by atoms with van der Waals surface area (Å²) >= 11 is 1.48. The van der Waals surface area contributed by atoms with E-state index in [0.717, 1.165) is 28.2 Å². The molecule has 0 atom stereocenters. The molecular formula is C22H20N4OS. The van der Waals surface area contributed by atoms with E-state index in [4.69, 9.17) is 0 Å². The molecule has 2 aromatic heterocycles. The van der Waals surface area contributed by atoms with Crippen LogP contribution in [0.4, 0.5) is 0 Å². The maximum absolute atomic E-state index is 12.6. The topological polar surface area (TPSA) is 59.8 Å². The van der Waals surface area contributed by atoms with E-state index in [2.05, 4.69) is 28.3 Å². The second-order valence-electron chi connectivity index (χ2n) is 6.59. The molecule has 0 spiro atoms. The lowest BCUT2D eigenvalue weighted by Crippen LogP contribution is -2.24. The Hall–Kier alpha value is -3.25. The Morgan fingerprint density at radius 1 is 1.11 bits per heavy atom. The average molecular weight is 388 g/mol. The second-order valence-corrected chi connectivity index (χ2v) is 7.45. The highest BCUT2D eigenvalue weighted by atomic mass is 32.1. The van der Waals surface area contributed by atoms with E-state index in [1.807, 2.05) is 58.6 Å². The van der Waals surface area contributed by atoms with Gasteiger partial charge in [0.1, 0.15) is 10.7 Å². The van der Waals surface area contributed by atoms with E-state index in [1.165, 1.54) is 16.9 Å². The van der Waals surface area contributed by atoms with Crippen molar-refractivity contribution < 1.29 is 4.79 Å². The van der Waals surface area contributed by atoms with Gasteiger partial charge in [0.15, 0.2) is 0 Å². The van der Waals surface area contributed by atoms with Crippen molar-refractivity contribution in [2.45, 2.75) is 20.0 Å². The molecule has 0 aliphatic carbocycles. The fraction of sp³-hybridized carbons (Fsp3) is 0.136. The predicted molar refractivity (Wildman–Crippen MR) is 111 cm³/mol. The van der Waals surface area contributed by atoms with Gasteiger partial charge in [-0.15, -0.1) is 11.3 Å². The maximum Gasteiger partial charge on any atom is 0.271 e. The number of nitrogens with zero attached hydrogens (tertiary/aromatic N) is 3. The first kappa shape index (κ1) is 18.1. The Bertz CT molecular complexity index is 1070. The third-order valence-corrected chi connectivity index (χ3v) is 5.40. The van der Waals surface area contributed by atoms with E-state index >= 15 is 0 Å². The first-order valence-electron chi connectivity index (χ1n) is 9.02. The minimum Gasteiger partial charge on any atom is -0.347 e. The van der Waals surface area contributed by atoms with Crippen LogP contribution >= 0.6 is 11.3 Å². The van der Waals surface area contributed by atoms with Gasteiger partial charge in [-0.05, 0) is 18.1 Å². The minimum atomic E-state index is -0.160. The fourth-order valence-corrected chi connectivity index (χ4v) is 3.74. The van der Waals surface area contributed by atoms with Crippen LogP contribution in [0.1, 0.15) is 27.2 Å². The molecule has 0 fully saturated rings. The van der Waals surface area contributed by atoms with Crippen LogP contribution in [-0.2, 0) is 13.1 Å². The first-order chi connectivity index (χ1) is 13.7. The summed E-state index contributed by atoms with van der Waals surface area (Å²) in [5.41, 5.74) is 4.92. The molecule has 0 saturated heterocycles. The van der Waals surface area contributed by atoms with Gasteiger partial charge in [-0.3, -0.25) is 4.79 Å². The molecule has 0 radical (unpaired) electrons. The minimum absolute atomic E-state index is 0.160. The number of thiazole rings is 1. The number of carbonyl (C=O) groups excluding carboxylic acids is 1. The summed E-state index contributed by atoms with van der Waals surface area (Å²) in [6.07, 6.45) is 5.48. The van der Waals surface area contributed by atoms with Crippen molar-refractivity contribution in [3.63, 3.8) is 0 Å². The van der Waals surface area contributed by atoms with E-state index in [1.54, 1.807) is 12.5 Å². The lowest BCUT2D eigenvalue weighted by Gasteiger charge is -2.10. The number of hydrogen-bond acceptors (Lipinski definition) is 4. The van der Waals surface area contributed by atoms with E-state index < -0.39 is 0 Å². The van der Waals surface area contributed by atoms with Gasteiger partial charge >= 0.3 is 0 Å².